The molecule has 1 saturated heterocycles. The predicted molar refractivity (Wildman–Crippen MR) is 106 cm³/mol. The van der Waals surface area contributed by atoms with E-state index in [9.17, 15) is 18.7 Å². The van der Waals surface area contributed by atoms with Crippen LogP contribution in [-0.2, 0) is 21.5 Å². The van der Waals surface area contributed by atoms with Crippen molar-refractivity contribution in [2.45, 2.75) is 51.1 Å². The van der Waals surface area contributed by atoms with E-state index in [0.717, 1.165) is 17.0 Å². The van der Waals surface area contributed by atoms with Crippen molar-refractivity contribution in [1.82, 2.24) is 9.88 Å². The van der Waals surface area contributed by atoms with E-state index in [-0.39, 0.29) is 16.7 Å². The SMILES string of the molecule is [B]C1(O)c2ncccc2C(=O)N1Cc1c(F)cc(B2OC(C)(C)C(C)(C)O2)cc1F. The Hall–Kier alpha value is -2.29. The minimum atomic E-state index is -2.28. The van der Waals surface area contributed by atoms with Gasteiger partial charge in [-0.1, -0.05) is 0 Å². The number of fused-ring (bicyclic) bond motifs is 1. The summed E-state index contributed by atoms with van der Waals surface area (Å²) >= 11 is 0. The molecule has 0 spiro atoms. The first kappa shape index (κ1) is 21.0. The highest BCUT2D eigenvalue weighted by atomic mass is 19.1. The number of nitrogens with zero attached hydrogens (tertiary/aromatic N) is 2. The van der Waals surface area contributed by atoms with Gasteiger partial charge in [0.1, 0.15) is 17.3 Å². The summed E-state index contributed by atoms with van der Waals surface area (Å²) < 4.78 is 41.4. The van der Waals surface area contributed by atoms with Gasteiger partial charge >= 0.3 is 7.12 Å². The molecule has 1 aromatic heterocycles. The second-order valence-electron chi connectivity index (χ2n) is 8.57. The highest BCUT2D eigenvalue weighted by molar-refractivity contribution is 6.62. The molecule has 10 heteroatoms. The van der Waals surface area contributed by atoms with Crippen LogP contribution in [0, 0.1) is 11.6 Å². The summed E-state index contributed by atoms with van der Waals surface area (Å²) in [5, 5.41) is 10.6. The first-order valence-corrected chi connectivity index (χ1v) is 9.47. The van der Waals surface area contributed by atoms with Crippen molar-refractivity contribution in [3.8, 4) is 0 Å². The van der Waals surface area contributed by atoms with Gasteiger partial charge in [-0.15, -0.1) is 0 Å². The Morgan fingerprint density at radius 3 is 2.27 bits per heavy atom. The first-order chi connectivity index (χ1) is 13.8. The van der Waals surface area contributed by atoms with E-state index in [0.29, 0.717) is 0 Å². The van der Waals surface area contributed by atoms with E-state index in [1.54, 1.807) is 0 Å². The highest BCUT2D eigenvalue weighted by Gasteiger charge is 2.52. The van der Waals surface area contributed by atoms with Crippen molar-refractivity contribution < 1.29 is 28.0 Å². The molecule has 1 unspecified atom stereocenters. The number of halogens is 2. The molecule has 1 N–H and O–H groups in total. The molecule has 1 fully saturated rings. The third kappa shape index (κ3) is 3.05. The molecule has 30 heavy (non-hydrogen) atoms. The van der Waals surface area contributed by atoms with E-state index in [4.69, 9.17) is 17.2 Å². The standard InChI is InChI=1S/C20H20B2F2N2O4/c1-18(2)19(3,4)30-22(29-18)11-8-14(23)13(15(24)9-11)10-26-17(27)12-6-5-7-25-16(12)20(26,21)28/h5-9,28H,10H2,1-4H3. The molecule has 4 rings (SSSR count). The maximum atomic E-state index is 14.9. The van der Waals surface area contributed by atoms with Gasteiger partial charge in [0.2, 0.25) is 0 Å². The smallest absolute Gasteiger partial charge is 0.399 e. The quantitative estimate of drug-likeness (QED) is 0.776. The minimum absolute atomic E-state index is 0.0651. The number of hydrogen-bond acceptors (Lipinski definition) is 5. The number of benzene rings is 1. The van der Waals surface area contributed by atoms with Gasteiger partial charge in [-0.2, -0.15) is 0 Å². The van der Waals surface area contributed by atoms with Crippen molar-refractivity contribution in [3.63, 3.8) is 0 Å². The van der Waals surface area contributed by atoms with Crippen molar-refractivity contribution in [1.29, 1.82) is 0 Å². The van der Waals surface area contributed by atoms with E-state index in [1.165, 1.54) is 18.3 Å². The van der Waals surface area contributed by atoms with Gasteiger partial charge in [-0.05, 0) is 57.4 Å². The van der Waals surface area contributed by atoms with Crippen molar-refractivity contribution >= 4 is 26.3 Å². The number of rotatable bonds is 3. The summed E-state index contributed by atoms with van der Waals surface area (Å²) in [6.07, 6.45) is 1.37. The summed E-state index contributed by atoms with van der Waals surface area (Å²) in [4.78, 5) is 17.3. The van der Waals surface area contributed by atoms with Crippen LogP contribution in [0.25, 0.3) is 0 Å². The Kier molecular flexibility index (Phi) is 4.61. The number of pyridine rings is 1. The third-order valence-corrected chi connectivity index (χ3v) is 6.05. The highest BCUT2D eigenvalue weighted by Crippen LogP contribution is 2.37. The normalized spacial score (nSPS) is 24.4. The average Bonchev–Trinajstić information content (AvgIpc) is 2.98. The number of hydrogen-bond donors (Lipinski definition) is 1. The Morgan fingerprint density at radius 2 is 1.73 bits per heavy atom. The molecule has 2 aliphatic heterocycles. The van der Waals surface area contributed by atoms with Crippen LogP contribution in [0.1, 0.15) is 49.3 Å². The average molecular weight is 412 g/mol. The second kappa shape index (κ2) is 6.60. The molecule has 1 atom stereocenters. The number of aromatic nitrogens is 1. The van der Waals surface area contributed by atoms with Crippen molar-refractivity contribution in [2.75, 3.05) is 0 Å². The Labute approximate surface area is 174 Å². The fourth-order valence-corrected chi connectivity index (χ4v) is 3.54. The fraction of sp³-hybridized carbons (Fsp3) is 0.400. The molecule has 6 nitrogen and oxygen atoms in total. The molecule has 2 aromatic rings. The summed E-state index contributed by atoms with van der Waals surface area (Å²) in [5.74, 6) is -2.49. The van der Waals surface area contributed by atoms with E-state index in [2.05, 4.69) is 4.98 Å². The van der Waals surface area contributed by atoms with Crippen LogP contribution in [0.4, 0.5) is 8.78 Å². The number of amides is 1. The van der Waals surface area contributed by atoms with Crippen LogP contribution < -0.4 is 5.46 Å². The zero-order valence-electron chi connectivity index (χ0n) is 17.1. The summed E-state index contributed by atoms with van der Waals surface area (Å²) in [5.41, 5.74) is -3.84. The van der Waals surface area contributed by atoms with Gasteiger partial charge < -0.3 is 19.3 Å². The van der Waals surface area contributed by atoms with Gasteiger partial charge in [0.05, 0.1) is 29.0 Å². The molecule has 3 heterocycles. The lowest BCUT2D eigenvalue weighted by Crippen LogP contribution is -2.44. The fourth-order valence-electron chi connectivity index (χ4n) is 3.54. The molecule has 2 radical (unpaired) electrons. The van der Waals surface area contributed by atoms with Gasteiger partial charge in [0, 0.05) is 11.8 Å². The summed E-state index contributed by atoms with van der Waals surface area (Å²) in [7, 11) is 4.93. The van der Waals surface area contributed by atoms with Crippen LogP contribution in [-0.4, -0.2) is 47.1 Å². The van der Waals surface area contributed by atoms with Gasteiger partial charge in [-0.25, -0.2) is 8.78 Å². The van der Waals surface area contributed by atoms with Crippen molar-refractivity contribution in [2.24, 2.45) is 0 Å². The Balaban J connectivity index is 1.64. The summed E-state index contributed by atoms with van der Waals surface area (Å²) in [6.45, 7) is 6.76. The molecule has 0 saturated carbocycles. The lowest BCUT2D eigenvalue weighted by Gasteiger charge is -2.32. The number of aliphatic hydroxyl groups is 1. The summed E-state index contributed by atoms with van der Waals surface area (Å²) in [6, 6.07) is 5.15. The maximum Gasteiger partial charge on any atom is 0.495 e. The largest absolute Gasteiger partial charge is 0.495 e. The molecular weight excluding hydrogens is 392 g/mol. The Bertz CT molecular complexity index is 1010. The zero-order valence-corrected chi connectivity index (χ0v) is 17.1. The maximum absolute atomic E-state index is 14.9. The molecule has 1 aromatic carbocycles. The third-order valence-electron chi connectivity index (χ3n) is 6.05. The van der Waals surface area contributed by atoms with Gasteiger partial charge in [0.25, 0.3) is 5.91 Å². The molecule has 2 aliphatic rings. The number of carbonyl (C=O) groups excluding carboxylic acids is 1. The van der Waals surface area contributed by atoms with E-state index < -0.39 is 53.6 Å². The molecule has 154 valence electrons. The monoisotopic (exact) mass is 412 g/mol. The Morgan fingerprint density at radius 1 is 1.17 bits per heavy atom. The molecular formula is C20H20B2F2N2O4. The predicted octanol–water partition coefficient (Wildman–Crippen LogP) is 1.59. The lowest BCUT2D eigenvalue weighted by molar-refractivity contribution is -0.0231. The first-order valence-electron chi connectivity index (χ1n) is 9.47. The minimum Gasteiger partial charge on any atom is -0.399 e. The molecule has 0 aliphatic carbocycles. The number of carbonyl (C=O) groups is 1. The molecule has 1 amide bonds. The second-order valence-corrected chi connectivity index (χ2v) is 8.57. The van der Waals surface area contributed by atoms with Crippen molar-refractivity contribution in [3.05, 3.63) is 58.9 Å². The van der Waals surface area contributed by atoms with Gasteiger partial charge in [0.15, 0.2) is 7.85 Å². The van der Waals surface area contributed by atoms with Crippen LogP contribution in [0.5, 0.6) is 0 Å². The van der Waals surface area contributed by atoms with E-state index in [1.807, 2.05) is 27.7 Å². The topological polar surface area (TPSA) is 71.9 Å². The van der Waals surface area contributed by atoms with Crippen LogP contribution in [0.2, 0.25) is 0 Å². The van der Waals surface area contributed by atoms with Crippen LogP contribution >= 0.6 is 0 Å². The van der Waals surface area contributed by atoms with Crippen LogP contribution in [0.15, 0.2) is 30.5 Å². The van der Waals surface area contributed by atoms with Crippen LogP contribution in [0.3, 0.4) is 0 Å². The molecule has 0 bridgehead atoms. The lowest BCUT2D eigenvalue weighted by atomic mass is 9.78. The van der Waals surface area contributed by atoms with E-state index >= 15 is 0 Å². The zero-order chi connectivity index (χ0) is 22.1. The van der Waals surface area contributed by atoms with Gasteiger partial charge in [-0.3, -0.25) is 9.78 Å².